The van der Waals surface area contributed by atoms with E-state index in [9.17, 15) is 13.2 Å². The Labute approximate surface area is 140 Å². The number of aromatic nitrogens is 2. The van der Waals surface area contributed by atoms with Gasteiger partial charge in [-0.25, -0.2) is 13.1 Å². The minimum Gasteiger partial charge on any atom is -0.328 e. The predicted molar refractivity (Wildman–Crippen MR) is 88.6 cm³/mol. The average molecular weight is 346 g/mol. The Bertz CT molecular complexity index is 902. The number of carbonyl (C=O) groups is 1. The third-order valence-corrected chi connectivity index (χ3v) is 5.37. The molecule has 2 heterocycles. The molecular weight excluding hydrogens is 328 g/mol. The number of rotatable bonds is 5. The van der Waals surface area contributed by atoms with Crippen LogP contribution in [-0.4, -0.2) is 35.6 Å². The monoisotopic (exact) mass is 346 g/mol. The minimum atomic E-state index is -3.66. The SMILES string of the molecule is C=CCNS(=O)(=O)c1cccc(C(=O)N2Cc3cnn(C)c3C2)c1. The Morgan fingerprint density at radius 2 is 2.21 bits per heavy atom. The summed E-state index contributed by atoms with van der Waals surface area (Å²) in [7, 11) is -1.82. The summed E-state index contributed by atoms with van der Waals surface area (Å²) in [5, 5.41) is 4.16. The topological polar surface area (TPSA) is 84.3 Å². The molecule has 7 nitrogen and oxygen atoms in total. The molecule has 1 aromatic carbocycles. The van der Waals surface area contributed by atoms with Crippen LogP contribution in [0.5, 0.6) is 0 Å². The van der Waals surface area contributed by atoms with Crippen LogP contribution in [0.1, 0.15) is 21.6 Å². The van der Waals surface area contributed by atoms with Gasteiger partial charge in [-0.05, 0) is 18.2 Å². The fraction of sp³-hybridized carbons (Fsp3) is 0.250. The van der Waals surface area contributed by atoms with Crippen molar-refractivity contribution in [2.75, 3.05) is 6.54 Å². The number of hydrogen-bond acceptors (Lipinski definition) is 4. The van der Waals surface area contributed by atoms with Gasteiger partial charge in [0.15, 0.2) is 0 Å². The fourth-order valence-electron chi connectivity index (χ4n) is 2.66. The highest BCUT2D eigenvalue weighted by Gasteiger charge is 2.27. The van der Waals surface area contributed by atoms with Gasteiger partial charge in [-0.2, -0.15) is 5.10 Å². The highest BCUT2D eigenvalue weighted by molar-refractivity contribution is 7.89. The molecule has 8 heteroatoms. The molecule has 0 unspecified atom stereocenters. The van der Waals surface area contributed by atoms with Gasteiger partial charge in [0, 0.05) is 31.3 Å². The third kappa shape index (κ3) is 2.98. The lowest BCUT2D eigenvalue weighted by atomic mass is 10.2. The van der Waals surface area contributed by atoms with E-state index in [-0.39, 0.29) is 17.3 Å². The smallest absolute Gasteiger partial charge is 0.254 e. The second-order valence-corrected chi connectivity index (χ2v) is 7.34. The third-order valence-electron chi connectivity index (χ3n) is 3.95. The number of benzene rings is 1. The molecule has 126 valence electrons. The lowest BCUT2D eigenvalue weighted by molar-refractivity contribution is 0.0748. The quantitative estimate of drug-likeness (QED) is 0.820. The highest BCUT2D eigenvalue weighted by atomic mass is 32.2. The average Bonchev–Trinajstić information content (AvgIpc) is 3.15. The van der Waals surface area contributed by atoms with E-state index in [0.717, 1.165) is 11.3 Å². The first kappa shape index (κ1) is 16.4. The standard InChI is InChI=1S/C16H18N4O3S/c1-3-7-18-24(22,23)14-6-4-5-12(8-14)16(21)20-10-13-9-17-19(2)15(13)11-20/h3-6,8-9,18H,1,7,10-11H2,2H3. The van der Waals surface area contributed by atoms with E-state index >= 15 is 0 Å². The van der Waals surface area contributed by atoms with E-state index in [2.05, 4.69) is 16.4 Å². The first-order chi connectivity index (χ1) is 11.4. The van der Waals surface area contributed by atoms with E-state index in [0.29, 0.717) is 18.7 Å². The van der Waals surface area contributed by atoms with Crippen LogP contribution in [-0.2, 0) is 30.2 Å². The van der Waals surface area contributed by atoms with E-state index < -0.39 is 10.0 Å². The van der Waals surface area contributed by atoms with Crippen molar-refractivity contribution in [3.63, 3.8) is 0 Å². The summed E-state index contributed by atoms with van der Waals surface area (Å²) >= 11 is 0. The summed E-state index contributed by atoms with van der Waals surface area (Å²) in [5.41, 5.74) is 2.36. The number of hydrogen-bond donors (Lipinski definition) is 1. The second-order valence-electron chi connectivity index (χ2n) is 5.57. The van der Waals surface area contributed by atoms with Crippen LogP contribution in [0.4, 0.5) is 0 Å². The first-order valence-electron chi connectivity index (χ1n) is 7.42. The van der Waals surface area contributed by atoms with Gasteiger partial charge >= 0.3 is 0 Å². The number of aryl methyl sites for hydroxylation is 1. The summed E-state index contributed by atoms with van der Waals surface area (Å²) < 4.78 is 28.5. The molecule has 1 aliphatic rings. The number of amides is 1. The Balaban J connectivity index is 1.82. The van der Waals surface area contributed by atoms with Crippen molar-refractivity contribution in [1.82, 2.24) is 19.4 Å². The maximum atomic E-state index is 12.7. The van der Waals surface area contributed by atoms with Crippen LogP contribution in [0.15, 0.2) is 48.0 Å². The van der Waals surface area contributed by atoms with E-state index in [1.165, 1.54) is 18.2 Å². The number of carbonyl (C=O) groups excluding carboxylic acids is 1. The molecule has 0 saturated heterocycles. The van der Waals surface area contributed by atoms with Gasteiger partial charge in [0.25, 0.3) is 5.91 Å². The molecule has 0 bridgehead atoms. The molecule has 0 aliphatic carbocycles. The number of fused-ring (bicyclic) bond motifs is 1. The van der Waals surface area contributed by atoms with Crippen molar-refractivity contribution >= 4 is 15.9 Å². The van der Waals surface area contributed by atoms with Crippen LogP contribution in [0, 0.1) is 0 Å². The van der Waals surface area contributed by atoms with Gasteiger partial charge < -0.3 is 4.90 Å². The van der Waals surface area contributed by atoms with Crippen LogP contribution >= 0.6 is 0 Å². The van der Waals surface area contributed by atoms with E-state index in [1.54, 1.807) is 27.9 Å². The Morgan fingerprint density at radius 3 is 2.92 bits per heavy atom. The molecule has 0 fully saturated rings. The highest BCUT2D eigenvalue weighted by Crippen LogP contribution is 2.24. The molecule has 2 aromatic rings. The van der Waals surface area contributed by atoms with Crippen molar-refractivity contribution < 1.29 is 13.2 Å². The molecule has 3 rings (SSSR count). The maximum absolute atomic E-state index is 12.7. The minimum absolute atomic E-state index is 0.0635. The van der Waals surface area contributed by atoms with Crippen molar-refractivity contribution in [2.24, 2.45) is 7.05 Å². The Hall–Kier alpha value is -2.45. The molecule has 0 saturated carbocycles. The zero-order valence-electron chi connectivity index (χ0n) is 13.3. The molecule has 0 radical (unpaired) electrons. The van der Waals surface area contributed by atoms with Crippen molar-refractivity contribution in [3.05, 3.63) is 59.9 Å². The molecule has 1 N–H and O–H groups in total. The molecule has 1 aliphatic heterocycles. The summed E-state index contributed by atoms with van der Waals surface area (Å²) in [4.78, 5) is 14.4. The van der Waals surface area contributed by atoms with Gasteiger partial charge in [-0.3, -0.25) is 9.48 Å². The predicted octanol–water partition coefficient (Wildman–Crippen LogP) is 1.04. The Kier molecular flexibility index (Phi) is 4.25. The van der Waals surface area contributed by atoms with Gasteiger partial charge in [-0.1, -0.05) is 12.1 Å². The molecule has 1 amide bonds. The zero-order valence-corrected chi connectivity index (χ0v) is 14.1. The van der Waals surface area contributed by atoms with E-state index in [1.807, 2.05) is 7.05 Å². The van der Waals surface area contributed by atoms with Gasteiger partial charge in [0.05, 0.1) is 23.3 Å². The summed E-state index contributed by atoms with van der Waals surface area (Å²) in [6.07, 6.45) is 3.21. The lowest BCUT2D eigenvalue weighted by Crippen LogP contribution is -2.27. The normalized spacial score (nSPS) is 13.8. The lowest BCUT2D eigenvalue weighted by Gasteiger charge is -2.16. The van der Waals surface area contributed by atoms with Gasteiger partial charge in [-0.15, -0.1) is 6.58 Å². The van der Waals surface area contributed by atoms with Crippen LogP contribution < -0.4 is 4.72 Å². The largest absolute Gasteiger partial charge is 0.328 e. The first-order valence-corrected chi connectivity index (χ1v) is 8.90. The fourth-order valence-corrected chi connectivity index (χ4v) is 3.70. The molecule has 0 atom stereocenters. The number of nitrogens with zero attached hydrogens (tertiary/aromatic N) is 3. The maximum Gasteiger partial charge on any atom is 0.254 e. The molecular formula is C16H18N4O3S. The summed E-state index contributed by atoms with van der Waals surface area (Å²) in [6.45, 7) is 4.56. The van der Waals surface area contributed by atoms with Gasteiger partial charge in [0.2, 0.25) is 10.0 Å². The second kappa shape index (κ2) is 6.21. The van der Waals surface area contributed by atoms with Crippen molar-refractivity contribution in [3.8, 4) is 0 Å². The molecule has 1 aromatic heterocycles. The van der Waals surface area contributed by atoms with E-state index in [4.69, 9.17) is 0 Å². The summed E-state index contributed by atoms with van der Waals surface area (Å²) in [5.74, 6) is -0.202. The summed E-state index contributed by atoms with van der Waals surface area (Å²) in [6, 6.07) is 6.05. The Morgan fingerprint density at radius 1 is 1.42 bits per heavy atom. The number of sulfonamides is 1. The van der Waals surface area contributed by atoms with Crippen molar-refractivity contribution in [1.29, 1.82) is 0 Å². The zero-order chi connectivity index (χ0) is 17.3. The molecule has 24 heavy (non-hydrogen) atoms. The van der Waals surface area contributed by atoms with Crippen LogP contribution in [0.3, 0.4) is 0 Å². The van der Waals surface area contributed by atoms with Crippen LogP contribution in [0.25, 0.3) is 0 Å². The van der Waals surface area contributed by atoms with Crippen LogP contribution in [0.2, 0.25) is 0 Å². The molecule has 0 spiro atoms. The number of nitrogens with one attached hydrogen (secondary N) is 1. The van der Waals surface area contributed by atoms with Gasteiger partial charge in [0.1, 0.15) is 0 Å². The van der Waals surface area contributed by atoms with Crippen molar-refractivity contribution in [2.45, 2.75) is 18.0 Å².